The van der Waals surface area contributed by atoms with Crippen LogP contribution in [0.4, 0.5) is 0 Å². The summed E-state index contributed by atoms with van der Waals surface area (Å²) in [7, 11) is 0. The zero-order valence-electron chi connectivity index (χ0n) is 10.3. The van der Waals surface area contributed by atoms with Crippen LogP contribution in [0.3, 0.4) is 0 Å². The van der Waals surface area contributed by atoms with Crippen LogP contribution in [0.2, 0.25) is 5.02 Å². The zero-order chi connectivity index (χ0) is 12.9. The molecule has 96 valence electrons. The quantitative estimate of drug-likeness (QED) is 0.735. The highest BCUT2D eigenvalue weighted by Crippen LogP contribution is 2.23. The highest BCUT2D eigenvalue weighted by atomic mass is 35.5. The van der Waals surface area contributed by atoms with Gasteiger partial charge in [-0.1, -0.05) is 18.5 Å². The van der Waals surface area contributed by atoms with Crippen LogP contribution < -0.4 is 5.32 Å². The average molecular weight is 258 g/mol. The molecule has 4 heteroatoms. The Morgan fingerprint density at radius 3 is 2.71 bits per heavy atom. The molecule has 1 aromatic rings. The van der Waals surface area contributed by atoms with E-state index < -0.39 is 0 Å². The van der Waals surface area contributed by atoms with Crippen molar-refractivity contribution < 1.29 is 10.2 Å². The van der Waals surface area contributed by atoms with E-state index in [4.69, 9.17) is 16.7 Å². The Kier molecular flexibility index (Phi) is 5.25. The van der Waals surface area contributed by atoms with Crippen molar-refractivity contribution in [2.24, 2.45) is 0 Å². The van der Waals surface area contributed by atoms with Gasteiger partial charge in [-0.25, -0.2) is 0 Å². The van der Waals surface area contributed by atoms with Crippen molar-refractivity contribution >= 4 is 11.6 Å². The van der Waals surface area contributed by atoms with Crippen molar-refractivity contribution in [3.63, 3.8) is 0 Å². The standard InChI is InChI=1S/C13H20ClNO2/c1-3-13(2,6-7-16)15-9-10-8-11(14)4-5-12(10)17/h4-5,8,15-17H,3,6-7,9H2,1-2H3. The van der Waals surface area contributed by atoms with Gasteiger partial charge in [-0.05, 0) is 38.0 Å². The van der Waals surface area contributed by atoms with E-state index in [-0.39, 0.29) is 17.9 Å². The van der Waals surface area contributed by atoms with Gasteiger partial charge in [0.15, 0.2) is 0 Å². The molecule has 17 heavy (non-hydrogen) atoms. The summed E-state index contributed by atoms with van der Waals surface area (Å²) in [5.74, 6) is 0.240. The SMILES string of the molecule is CCC(C)(CCO)NCc1cc(Cl)ccc1O. The molecular weight excluding hydrogens is 238 g/mol. The minimum atomic E-state index is -0.122. The molecule has 3 nitrogen and oxygen atoms in total. The van der Waals surface area contributed by atoms with Crippen LogP contribution in [0.5, 0.6) is 5.75 Å². The van der Waals surface area contributed by atoms with Crippen LogP contribution in [-0.4, -0.2) is 22.4 Å². The number of rotatable bonds is 6. The summed E-state index contributed by atoms with van der Waals surface area (Å²) >= 11 is 5.88. The number of halogens is 1. The summed E-state index contributed by atoms with van der Waals surface area (Å²) in [6.45, 7) is 4.82. The molecule has 0 saturated carbocycles. The Bertz CT molecular complexity index is 370. The van der Waals surface area contributed by atoms with Crippen molar-refractivity contribution in [2.75, 3.05) is 6.61 Å². The van der Waals surface area contributed by atoms with Crippen molar-refractivity contribution in [3.05, 3.63) is 28.8 Å². The largest absolute Gasteiger partial charge is 0.508 e. The maximum Gasteiger partial charge on any atom is 0.120 e. The molecule has 0 radical (unpaired) electrons. The maximum absolute atomic E-state index is 9.69. The van der Waals surface area contributed by atoms with E-state index in [1.165, 1.54) is 0 Å². The fourth-order valence-electron chi connectivity index (χ4n) is 1.64. The Hall–Kier alpha value is -0.770. The van der Waals surface area contributed by atoms with Crippen LogP contribution >= 0.6 is 11.6 Å². The fraction of sp³-hybridized carbons (Fsp3) is 0.538. The second-order valence-corrected chi connectivity index (χ2v) is 4.95. The molecule has 0 aromatic heterocycles. The molecule has 1 rings (SSSR count). The summed E-state index contributed by atoms with van der Waals surface area (Å²) in [5.41, 5.74) is 0.652. The van der Waals surface area contributed by atoms with Crippen LogP contribution in [0.15, 0.2) is 18.2 Å². The molecule has 0 saturated heterocycles. The third-order valence-electron chi connectivity index (χ3n) is 3.19. The lowest BCUT2D eigenvalue weighted by atomic mass is 9.94. The molecule has 0 fully saturated rings. The summed E-state index contributed by atoms with van der Waals surface area (Å²) in [6.07, 6.45) is 1.60. The molecule has 0 spiro atoms. The van der Waals surface area contributed by atoms with Crippen molar-refractivity contribution in [1.82, 2.24) is 5.32 Å². The maximum atomic E-state index is 9.69. The van der Waals surface area contributed by atoms with Crippen molar-refractivity contribution in [3.8, 4) is 5.75 Å². The topological polar surface area (TPSA) is 52.5 Å². The van der Waals surface area contributed by atoms with Crippen LogP contribution in [0.25, 0.3) is 0 Å². The normalized spacial score (nSPS) is 14.6. The van der Waals surface area contributed by atoms with E-state index in [0.29, 0.717) is 18.0 Å². The zero-order valence-corrected chi connectivity index (χ0v) is 11.1. The number of hydrogen-bond donors (Lipinski definition) is 3. The lowest BCUT2D eigenvalue weighted by molar-refractivity contribution is 0.214. The molecule has 1 atom stereocenters. The summed E-state index contributed by atoms with van der Waals surface area (Å²) < 4.78 is 0. The number of benzene rings is 1. The van der Waals surface area contributed by atoms with Gasteiger partial charge < -0.3 is 15.5 Å². The molecular formula is C13H20ClNO2. The lowest BCUT2D eigenvalue weighted by Gasteiger charge is -2.29. The van der Waals surface area contributed by atoms with Gasteiger partial charge in [0.1, 0.15) is 5.75 Å². The van der Waals surface area contributed by atoms with E-state index in [2.05, 4.69) is 19.2 Å². The third-order valence-corrected chi connectivity index (χ3v) is 3.43. The summed E-state index contributed by atoms with van der Waals surface area (Å²) in [5, 5.41) is 22.7. The number of phenolic OH excluding ortho intramolecular Hbond substituents is 1. The van der Waals surface area contributed by atoms with Crippen LogP contribution in [0, 0.1) is 0 Å². The molecule has 3 N–H and O–H groups in total. The molecule has 1 unspecified atom stereocenters. The van der Waals surface area contributed by atoms with Gasteiger partial charge >= 0.3 is 0 Å². The number of nitrogens with one attached hydrogen (secondary N) is 1. The number of phenols is 1. The summed E-state index contributed by atoms with van der Waals surface area (Å²) in [6, 6.07) is 5.00. The Balaban J connectivity index is 2.68. The molecule has 0 aliphatic heterocycles. The highest BCUT2D eigenvalue weighted by molar-refractivity contribution is 6.30. The molecule has 0 aliphatic carbocycles. The first-order valence-corrected chi connectivity index (χ1v) is 6.22. The number of aliphatic hydroxyl groups excluding tert-OH is 1. The number of hydrogen-bond acceptors (Lipinski definition) is 3. The number of aromatic hydroxyl groups is 1. The predicted molar refractivity (Wildman–Crippen MR) is 70.4 cm³/mol. The van der Waals surface area contributed by atoms with Gasteiger partial charge in [0.2, 0.25) is 0 Å². The minimum Gasteiger partial charge on any atom is -0.508 e. The van der Waals surface area contributed by atoms with Crippen molar-refractivity contribution in [1.29, 1.82) is 0 Å². The fourth-order valence-corrected chi connectivity index (χ4v) is 1.84. The van der Waals surface area contributed by atoms with Gasteiger partial charge in [0.05, 0.1) is 0 Å². The lowest BCUT2D eigenvalue weighted by Crippen LogP contribution is -2.42. The van der Waals surface area contributed by atoms with E-state index in [1.807, 2.05) is 0 Å². The molecule has 0 bridgehead atoms. The molecule has 0 aliphatic rings. The molecule has 0 heterocycles. The monoisotopic (exact) mass is 257 g/mol. The number of aliphatic hydroxyl groups is 1. The Morgan fingerprint density at radius 2 is 2.12 bits per heavy atom. The first kappa shape index (κ1) is 14.3. The second-order valence-electron chi connectivity index (χ2n) is 4.51. The van der Waals surface area contributed by atoms with Crippen LogP contribution in [0.1, 0.15) is 32.3 Å². The minimum absolute atomic E-state index is 0.122. The van der Waals surface area contributed by atoms with E-state index in [0.717, 1.165) is 12.0 Å². The van der Waals surface area contributed by atoms with E-state index in [1.54, 1.807) is 18.2 Å². The van der Waals surface area contributed by atoms with Gasteiger partial charge in [-0.15, -0.1) is 0 Å². The van der Waals surface area contributed by atoms with Crippen LogP contribution in [-0.2, 0) is 6.54 Å². The average Bonchev–Trinajstić information content (AvgIpc) is 2.31. The molecule has 0 amide bonds. The smallest absolute Gasteiger partial charge is 0.120 e. The van der Waals surface area contributed by atoms with Crippen molar-refractivity contribution in [2.45, 2.75) is 38.8 Å². The van der Waals surface area contributed by atoms with Gasteiger partial charge in [-0.3, -0.25) is 0 Å². The van der Waals surface area contributed by atoms with E-state index >= 15 is 0 Å². The van der Waals surface area contributed by atoms with Gasteiger partial charge in [0, 0.05) is 29.3 Å². The predicted octanol–water partition coefficient (Wildman–Crippen LogP) is 2.69. The molecule has 1 aromatic carbocycles. The Morgan fingerprint density at radius 1 is 1.41 bits per heavy atom. The van der Waals surface area contributed by atoms with Gasteiger partial charge in [0.25, 0.3) is 0 Å². The highest BCUT2D eigenvalue weighted by Gasteiger charge is 2.20. The Labute approximate surface area is 107 Å². The van der Waals surface area contributed by atoms with E-state index in [9.17, 15) is 5.11 Å². The first-order chi connectivity index (χ1) is 8.00. The second kappa shape index (κ2) is 6.24. The third kappa shape index (κ3) is 4.19. The first-order valence-electron chi connectivity index (χ1n) is 5.84. The van der Waals surface area contributed by atoms with Gasteiger partial charge in [-0.2, -0.15) is 0 Å². The summed E-state index contributed by atoms with van der Waals surface area (Å²) in [4.78, 5) is 0.